The van der Waals surface area contributed by atoms with Gasteiger partial charge >= 0.3 is 11.7 Å². The zero-order chi connectivity index (χ0) is 19.6. The molecule has 0 atom stereocenters. The average molecular weight is 390 g/mol. The summed E-state index contributed by atoms with van der Waals surface area (Å²) in [5, 5.41) is 1.83. The molecule has 8 nitrogen and oxygen atoms in total. The highest BCUT2D eigenvalue weighted by Gasteiger charge is 2.19. The Morgan fingerprint density at radius 2 is 2.07 bits per heavy atom. The predicted octanol–water partition coefficient (Wildman–Crippen LogP) is 2.43. The summed E-state index contributed by atoms with van der Waals surface area (Å²) in [4.78, 5) is 44.2. The second-order valence-corrected chi connectivity index (χ2v) is 7.13. The minimum Gasteiger partial charge on any atom is -0.453 e. The van der Waals surface area contributed by atoms with Crippen LogP contribution in [0.1, 0.15) is 47.7 Å². The number of H-pyrrole nitrogens is 1. The number of esters is 1. The summed E-state index contributed by atoms with van der Waals surface area (Å²) < 4.78 is 8.56. The Bertz CT molecular complexity index is 1090. The first-order valence-electron chi connectivity index (χ1n) is 8.91. The first kappa shape index (κ1) is 19.1. The standard InChI is InChI=1S/C18H22N4O4S/c1-4-6-8-22-15-13(16(23)20-18(22)25)21(5-2)12(19-15)10-26-17(24)14-11(3)7-9-27-14/h7,9H,4-6,8,10H2,1-3H3,(H,20,23,25). The maximum Gasteiger partial charge on any atom is 0.349 e. The van der Waals surface area contributed by atoms with Gasteiger partial charge in [0.15, 0.2) is 11.2 Å². The van der Waals surface area contributed by atoms with Crippen molar-refractivity contribution < 1.29 is 9.53 Å². The van der Waals surface area contributed by atoms with Gasteiger partial charge in [-0.25, -0.2) is 14.6 Å². The molecule has 0 unspecified atom stereocenters. The van der Waals surface area contributed by atoms with E-state index in [0.29, 0.717) is 35.0 Å². The Labute approximate surface area is 159 Å². The number of carbonyl (C=O) groups excluding carboxylic acids is 1. The number of thiophene rings is 1. The normalized spacial score (nSPS) is 11.2. The number of carbonyl (C=O) groups is 1. The first-order chi connectivity index (χ1) is 13.0. The van der Waals surface area contributed by atoms with Crippen molar-refractivity contribution in [3.8, 4) is 0 Å². The molecule has 0 bridgehead atoms. The number of imidazole rings is 1. The molecule has 0 aliphatic rings. The molecule has 3 heterocycles. The first-order valence-corrected chi connectivity index (χ1v) is 9.79. The van der Waals surface area contributed by atoms with Crippen LogP contribution in [-0.2, 0) is 24.4 Å². The molecule has 0 amide bonds. The predicted molar refractivity (Wildman–Crippen MR) is 103 cm³/mol. The minimum atomic E-state index is -0.483. The van der Waals surface area contributed by atoms with Crippen LogP contribution < -0.4 is 11.2 Å². The van der Waals surface area contributed by atoms with Gasteiger partial charge in [-0.05, 0) is 37.3 Å². The van der Waals surface area contributed by atoms with E-state index in [-0.39, 0.29) is 6.61 Å². The molecule has 0 aliphatic carbocycles. The van der Waals surface area contributed by atoms with Crippen molar-refractivity contribution in [1.29, 1.82) is 0 Å². The fraction of sp³-hybridized carbons (Fsp3) is 0.444. The number of rotatable bonds is 7. The molecule has 0 aromatic carbocycles. The van der Waals surface area contributed by atoms with Gasteiger partial charge < -0.3 is 9.30 Å². The SMILES string of the molecule is CCCCn1c(=O)[nH]c(=O)c2c1nc(COC(=O)c1sccc1C)n2CC. The third-order valence-electron chi connectivity index (χ3n) is 4.40. The second-order valence-electron chi connectivity index (χ2n) is 6.22. The number of nitrogens with zero attached hydrogens (tertiary/aromatic N) is 3. The summed E-state index contributed by atoms with van der Waals surface area (Å²) >= 11 is 1.32. The van der Waals surface area contributed by atoms with Crippen LogP contribution >= 0.6 is 11.3 Å². The van der Waals surface area contributed by atoms with Crippen LogP contribution in [0.15, 0.2) is 21.0 Å². The van der Waals surface area contributed by atoms with Gasteiger partial charge in [-0.3, -0.25) is 14.3 Å². The van der Waals surface area contributed by atoms with Gasteiger partial charge in [0.05, 0.1) is 0 Å². The molecule has 9 heteroatoms. The molecule has 3 aromatic heterocycles. The van der Waals surface area contributed by atoms with E-state index in [1.165, 1.54) is 15.9 Å². The van der Waals surface area contributed by atoms with Crippen molar-refractivity contribution in [3.63, 3.8) is 0 Å². The molecule has 27 heavy (non-hydrogen) atoms. The molecule has 3 rings (SSSR count). The number of aromatic amines is 1. The fourth-order valence-electron chi connectivity index (χ4n) is 2.97. The maximum atomic E-state index is 12.4. The van der Waals surface area contributed by atoms with E-state index in [1.54, 1.807) is 4.57 Å². The summed E-state index contributed by atoms with van der Waals surface area (Å²) in [6.45, 7) is 6.61. The van der Waals surface area contributed by atoms with Crippen LogP contribution in [0, 0.1) is 6.92 Å². The number of aromatic nitrogens is 4. The molecular formula is C18H22N4O4S. The highest BCUT2D eigenvalue weighted by atomic mass is 32.1. The molecule has 0 saturated heterocycles. The van der Waals surface area contributed by atoms with E-state index in [2.05, 4.69) is 9.97 Å². The van der Waals surface area contributed by atoms with Gasteiger partial charge in [0.1, 0.15) is 17.3 Å². The largest absolute Gasteiger partial charge is 0.453 e. The van der Waals surface area contributed by atoms with E-state index in [0.717, 1.165) is 18.4 Å². The molecule has 1 N–H and O–H groups in total. The van der Waals surface area contributed by atoms with Crippen LogP contribution in [0.4, 0.5) is 0 Å². The summed E-state index contributed by atoms with van der Waals surface area (Å²) in [6.07, 6.45) is 1.70. The number of fused-ring (bicyclic) bond motifs is 1. The third kappa shape index (κ3) is 3.59. The Morgan fingerprint density at radius 1 is 1.30 bits per heavy atom. The Hall–Kier alpha value is -2.68. The number of aryl methyl sites for hydroxylation is 3. The molecular weight excluding hydrogens is 368 g/mol. The van der Waals surface area contributed by atoms with E-state index in [1.807, 2.05) is 32.2 Å². The third-order valence-corrected chi connectivity index (χ3v) is 5.39. The molecule has 0 spiro atoms. The number of ether oxygens (including phenoxy) is 1. The smallest absolute Gasteiger partial charge is 0.349 e. The summed E-state index contributed by atoms with van der Waals surface area (Å²) in [6, 6.07) is 1.86. The molecule has 3 aromatic rings. The fourth-order valence-corrected chi connectivity index (χ4v) is 3.79. The van der Waals surface area contributed by atoms with Gasteiger partial charge in [-0.15, -0.1) is 11.3 Å². The van der Waals surface area contributed by atoms with Crippen molar-refractivity contribution in [2.45, 2.75) is 53.3 Å². The molecule has 0 radical (unpaired) electrons. The summed E-state index contributed by atoms with van der Waals surface area (Å²) in [5.41, 5.74) is 0.561. The van der Waals surface area contributed by atoms with E-state index in [9.17, 15) is 14.4 Å². The van der Waals surface area contributed by atoms with Gasteiger partial charge in [0.25, 0.3) is 5.56 Å². The van der Waals surface area contributed by atoms with Crippen molar-refractivity contribution >= 4 is 28.5 Å². The highest BCUT2D eigenvalue weighted by molar-refractivity contribution is 7.12. The topological polar surface area (TPSA) is 99.0 Å². The molecule has 0 aliphatic heterocycles. The number of nitrogens with one attached hydrogen (secondary N) is 1. The molecule has 0 fully saturated rings. The average Bonchev–Trinajstić information content (AvgIpc) is 3.23. The van der Waals surface area contributed by atoms with Gasteiger partial charge in [0.2, 0.25) is 0 Å². The van der Waals surface area contributed by atoms with Crippen LogP contribution in [0.5, 0.6) is 0 Å². The van der Waals surface area contributed by atoms with Crippen LogP contribution in [0.2, 0.25) is 0 Å². The van der Waals surface area contributed by atoms with Crippen LogP contribution in [-0.4, -0.2) is 25.1 Å². The zero-order valence-corrected chi connectivity index (χ0v) is 16.4. The lowest BCUT2D eigenvalue weighted by molar-refractivity contribution is 0.0464. The second kappa shape index (κ2) is 7.91. The van der Waals surface area contributed by atoms with Gasteiger partial charge in [0, 0.05) is 13.1 Å². The Morgan fingerprint density at radius 3 is 2.70 bits per heavy atom. The van der Waals surface area contributed by atoms with Crippen LogP contribution in [0.25, 0.3) is 11.2 Å². The lowest BCUT2D eigenvalue weighted by Gasteiger charge is -2.07. The zero-order valence-electron chi connectivity index (χ0n) is 15.6. The van der Waals surface area contributed by atoms with E-state index in [4.69, 9.17) is 4.74 Å². The number of hydrogen-bond donors (Lipinski definition) is 1. The van der Waals surface area contributed by atoms with Gasteiger partial charge in [-0.2, -0.15) is 0 Å². The minimum absolute atomic E-state index is 0.0693. The van der Waals surface area contributed by atoms with E-state index >= 15 is 0 Å². The van der Waals surface area contributed by atoms with Crippen molar-refractivity contribution in [2.24, 2.45) is 0 Å². The summed E-state index contributed by atoms with van der Waals surface area (Å²) in [5.74, 6) is 0.0194. The van der Waals surface area contributed by atoms with Crippen LogP contribution in [0.3, 0.4) is 0 Å². The number of unbranched alkanes of at least 4 members (excludes halogenated alkanes) is 1. The van der Waals surface area contributed by atoms with E-state index < -0.39 is 17.2 Å². The Kier molecular flexibility index (Phi) is 5.59. The quantitative estimate of drug-likeness (QED) is 0.625. The van der Waals surface area contributed by atoms with Crippen molar-refractivity contribution in [3.05, 3.63) is 48.5 Å². The highest BCUT2D eigenvalue weighted by Crippen LogP contribution is 2.18. The van der Waals surface area contributed by atoms with Crippen molar-refractivity contribution in [1.82, 2.24) is 19.1 Å². The Balaban J connectivity index is 1.99. The summed E-state index contributed by atoms with van der Waals surface area (Å²) in [7, 11) is 0. The maximum absolute atomic E-state index is 12.4. The monoisotopic (exact) mass is 390 g/mol. The lowest BCUT2D eigenvalue weighted by Crippen LogP contribution is -2.31. The number of hydrogen-bond acceptors (Lipinski definition) is 6. The van der Waals surface area contributed by atoms with Gasteiger partial charge in [-0.1, -0.05) is 13.3 Å². The van der Waals surface area contributed by atoms with Crippen molar-refractivity contribution in [2.75, 3.05) is 0 Å². The molecule has 144 valence electrons. The lowest BCUT2D eigenvalue weighted by atomic mass is 10.3. The molecule has 0 saturated carbocycles.